The molecule has 0 aromatic heterocycles. The second kappa shape index (κ2) is 4.19. The molecule has 3 aliphatic carbocycles. The van der Waals surface area contributed by atoms with E-state index >= 15 is 0 Å². The summed E-state index contributed by atoms with van der Waals surface area (Å²) in [5.41, 5.74) is 2.98. The molecule has 19 heavy (non-hydrogen) atoms. The van der Waals surface area contributed by atoms with Crippen molar-refractivity contribution in [1.82, 2.24) is 0 Å². The summed E-state index contributed by atoms with van der Waals surface area (Å²) in [6.07, 6.45) is 10.5. The number of hydrogen-bond donors (Lipinski definition) is 0. The summed E-state index contributed by atoms with van der Waals surface area (Å²) in [7, 11) is 0. The number of Topliss-reactive ketones (excluding diaryl/α,β-unsaturated/α-hetero) is 1. The van der Waals surface area contributed by atoms with Gasteiger partial charge in [-0.2, -0.15) is 0 Å². The summed E-state index contributed by atoms with van der Waals surface area (Å²) in [5, 5.41) is 0. The highest BCUT2D eigenvalue weighted by atomic mass is 16.1. The van der Waals surface area contributed by atoms with Crippen LogP contribution in [0.2, 0.25) is 0 Å². The van der Waals surface area contributed by atoms with Gasteiger partial charge in [0, 0.05) is 12.0 Å². The fourth-order valence-corrected chi connectivity index (χ4v) is 5.13. The van der Waals surface area contributed by atoms with Crippen molar-refractivity contribution in [3.8, 4) is 0 Å². The van der Waals surface area contributed by atoms with Gasteiger partial charge in [-0.15, -0.1) is 0 Å². The monoisotopic (exact) mass is 254 g/mol. The van der Waals surface area contributed by atoms with E-state index in [1.165, 1.54) is 50.5 Å². The van der Waals surface area contributed by atoms with E-state index in [-0.39, 0.29) is 0 Å². The lowest BCUT2D eigenvalue weighted by Gasteiger charge is -2.33. The van der Waals surface area contributed by atoms with Crippen molar-refractivity contribution in [2.24, 2.45) is 11.3 Å². The van der Waals surface area contributed by atoms with E-state index in [1.54, 1.807) is 0 Å². The van der Waals surface area contributed by atoms with Gasteiger partial charge in [-0.1, -0.05) is 43.5 Å². The number of carbonyl (C=O) groups excluding carboxylic acids is 1. The first kappa shape index (κ1) is 11.7. The molecule has 1 spiro atoms. The molecule has 1 nitrogen and oxygen atoms in total. The average molecular weight is 254 g/mol. The van der Waals surface area contributed by atoms with E-state index in [0.29, 0.717) is 23.0 Å². The van der Waals surface area contributed by atoms with Gasteiger partial charge in [0.05, 0.1) is 0 Å². The third-order valence-corrected chi connectivity index (χ3v) is 5.94. The summed E-state index contributed by atoms with van der Waals surface area (Å²) < 4.78 is 0. The fourth-order valence-electron chi connectivity index (χ4n) is 5.13. The lowest BCUT2D eigenvalue weighted by molar-refractivity contribution is 0.0939. The largest absolute Gasteiger partial charge is 0.294 e. The van der Waals surface area contributed by atoms with Crippen LogP contribution in [0.25, 0.3) is 0 Å². The van der Waals surface area contributed by atoms with Crippen LogP contribution in [0.5, 0.6) is 0 Å². The Hall–Kier alpha value is -1.11. The van der Waals surface area contributed by atoms with Crippen molar-refractivity contribution in [3.05, 3.63) is 35.4 Å². The topological polar surface area (TPSA) is 17.1 Å². The molecule has 1 aromatic rings. The van der Waals surface area contributed by atoms with Gasteiger partial charge < -0.3 is 0 Å². The van der Waals surface area contributed by atoms with Crippen molar-refractivity contribution < 1.29 is 4.79 Å². The van der Waals surface area contributed by atoms with Gasteiger partial charge in [0.25, 0.3) is 0 Å². The van der Waals surface area contributed by atoms with Crippen LogP contribution >= 0.6 is 0 Å². The van der Waals surface area contributed by atoms with Crippen LogP contribution in [0, 0.1) is 11.3 Å². The van der Waals surface area contributed by atoms with Crippen LogP contribution in [0.4, 0.5) is 0 Å². The summed E-state index contributed by atoms with van der Waals surface area (Å²) in [6, 6.07) is 8.38. The summed E-state index contributed by atoms with van der Waals surface area (Å²) in [6.45, 7) is 0. The molecule has 2 atom stereocenters. The molecule has 0 N–H and O–H groups in total. The number of benzene rings is 1. The molecule has 0 amide bonds. The predicted octanol–water partition coefficient (Wildman–Crippen LogP) is 4.72. The number of carbonyl (C=O) groups is 1. The second-order valence-corrected chi connectivity index (χ2v) is 7.05. The summed E-state index contributed by atoms with van der Waals surface area (Å²) in [4.78, 5) is 12.3. The molecule has 3 aliphatic rings. The van der Waals surface area contributed by atoms with E-state index < -0.39 is 0 Å². The minimum atomic E-state index is 0.393. The van der Waals surface area contributed by atoms with Crippen LogP contribution < -0.4 is 0 Å². The Morgan fingerprint density at radius 1 is 1.00 bits per heavy atom. The van der Waals surface area contributed by atoms with Gasteiger partial charge in [-0.25, -0.2) is 0 Å². The predicted molar refractivity (Wildman–Crippen MR) is 76.4 cm³/mol. The Balaban J connectivity index is 1.70. The first-order valence-electron chi connectivity index (χ1n) is 7.90. The first-order chi connectivity index (χ1) is 9.27. The number of rotatable bonds is 0. The van der Waals surface area contributed by atoms with Crippen LogP contribution in [0.1, 0.15) is 73.2 Å². The van der Waals surface area contributed by atoms with Gasteiger partial charge in [0.1, 0.15) is 0 Å². The van der Waals surface area contributed by atoms with Gasteiger partial charge >= 0.3 is 0 Å². The smallest absolute Gasteiger partial charge is 0.163 e. The first-order valence-corrected chi connectivity index (χ1v) is 7.90. The highest BCUT2D eigenvalue weighted by Crippen LogP contribution is 2.59. The molecule has 1 heteroatoms. The molecule has 0 aliphatic heterocycles. The Morgan fingerprint density at radius 3 is 2.63 bits per heavy atom. The Bertz CT molecular complexity index is 510. The SMILES string of the molecule is O=C1C[C@@H]2CC3(CCCCC3)C[C@@H]2c2ccccc21. The zero-order chi connectivity index (χ0) is 12.9. The normalized spacial score (nSPS) is 32.1. The molecule has 2 fully saturated rings. The Labute approximate surface area is 115 Å². The fraction of sp³-hybridized carbons (Fsp3) is 0.611. The number of fused-ring (bicyclic) bond motifs is 3. The quantitative estimate of drug-likeness (QED) is 0.655. The van der Waals surface area contributed by atoms with E-state index in [0.717, 1.165) is 12.0 Å². The van der Waals surface area contributed by atoms with E-state index in [9.17, 15) is 4.79 Å². The van der Waals surface area contributed by atoms with Gasteiger partial charge in [0.15, 0.2) is 5.78 Å². The molecule has 0 saturated heterocycles. The molecule has 0 unspecified atom stereocenters. The van der Waals surface area contributed by atoms with E-state index in [1.807, 2.05) is 12.1 Å². The lowest BCUT2D eigenvalue weighted by atomic mass is 9.72. The molecule has 0 heterocycles. The van der Waals surface area contributed by atoms with Crippen LogP contribution in [-0.4, -0.2) is 5.78 Å². The molecule has 0 radical (unpaired) electrons. The zero-order valence-corrected chi connectivity index (χ0v) is 11.5. The van der Waals surface area contributed by atoms with Crippen molar-refractivity contribution in [2.75, 3.05) is 0 Å². The van der Waals surface area contributed by atoms with E-state index in [4.69, 9.17) is 0 Å². The van der Waals surface area contributed by atoms with Crippen LogP contribution in [0.3, 0.4) is 0 Å². The molecule has 2 saturated carbocycles. The molecule has 100 valence electrons. The molecular weight excluding hydrogens is 232 g/mol. The maximum atomic E-state index is 12.3. The standard InChI is InChI=1S/C18H22O/c19-17-10-13-11-18(8-4-1-5-9-18)12-16(13)14-6-2-3-7-15(14)17/h2-3,6-7,13,16H,1,4-5,8-12H2/t13-,16+/m1/s1. The van der Waals surface area contributed by atoms with Gasteiger partial charge in [0.2, 0.25) is 0 Å². The third kappa shape index (κ3) is 1.78. The third-order valence-electron chi connectivity index (χ3n) is 5.94. The Kier molecular flexibility index (Phi) is 2.58. The second-order valence-electron chi connectivity index (χ2n) is 7.05. The van der Waals surface area contributed by atoms with Gasteiger partial charge in [-0.3, -0.25) is 4.79 Å². The van der Waals surface area contributed by atoms with Crippen molar-refractivity contribution in [1.29, 1.82) is 0 Å². The highest BCUT2D eigenvalue weighted by Gasteiger charge is 2.48. The molecular formula is C18H22O. The molecule has 1 aromatic carbocycles. The van der Waals surface area contributed by atoms with Crippen LogP contribution in [0.15, 0.2) is 24.3 Å². The number of ketones is 1. The van der Waals surface area contributed by atoms with E-state index in [2.05, 4.69) is 12.1 Å². The Morgan fingerprint density at radius 2 is 1.79 bits per heavy atom. The minimum absolute atomic E-state index is 0.393. The average Bonchev–Trinajstić information content (AvgIpc) is 2.78. The van der Waals surface area contributed by atoms with Crippen LogP contribution in [-0.2, 0) is 0 Å². The maximum absolute atomic E-state index is 12.3. The zero-order valence-electron chi connectivity index (χ0n) is 11.5. The summed E-state index contributed by atoms with van der Waals surface area (Å²) in [5.74, 6) is 1.71. The molecule has 0 bridgehead atoms. The van der Waals surface area contributed by atoms with Crippen molar-refractivity contribution >= 4 is 5.78 Å². The lowest BCUT2D eigenvalue weighted by Crippen LogP contribution is -2.21. The number of hydrogen-bond acceptors (Lipinski definition) is 1. The minimum Gasteiger partial charge on any atom is -0.294 e. The summed E-state index contributed by atoms with van der Waals surface area (Å²) >= 11 is 0. The molecule has 4 rings (SSSR count). The highest BCUT2D eigenvalue weighted by molar-refractivity contribution is 5.99. The van der Waals surface area contributed by atoms with Crippen molar-refractivity contribution in [3.63, 3.8) is 0 Å². The van der Waals surface area contributed by atoms with Crippen molar-refractivity contribution in [2.45, 2.75) is 57.3 Å². The van der Waals surface area contributed by atoms with Gasteiger partial charge in [-0.05, 0) is 48.5 Å². The maximum Gasteiger partial charge on any atom is 0.163 e.